The number of hydrogen-bond acceptors (Lipinski definition) is 2. The van der Waals surface area contributed by atoms with E-state index in [4.69, 9.17) is 5.73 Å². The van der Waals surface area contributed by atoms with Crippen molar-refractivity contribution >= 4 is 5.69 Å². The summed E-state index contributed by atoms with van der Waals surface area (Å²) in [5, 5.41) is 0. The molecule has 1 aliphatic carbocycles. The van der Waals surface area contributed by atoms with Gasteiger partial charge in [0.25, 0.3) is 0 Å². The van der Waals surface area contributed by atoms with Crippen molar-refractivity contribution in [3.63, 3.8) is 0 Å². The van der Waals surface area contributed by atoms with Gasteiger partial charge in [-0.05, 0) is 49.7 Å². The summed E-state index contributed by atoms with van der Waals surface area (Å²) in [6, 6.07) is 9.10. The van der Waals surface area contributed by atoms with Crippen molar-refractivity contribution in [2.24, 2.45) is 11.7 Å². The van der Waals surface area contributed by atoms with Crippen molar-refractivity contribution in [2.45, 2.75) is 57.4 Å². The molecule has 1 atom stereocenters. The van der Waals surface area contributed by atoms with Crippen LogP contribution in [0, 0.1) is 5.92 Å². The van der Waals surface area contributed by atoms with Crippen LogP contribution >= 0.6 is 0 Å². The first-order chi connectivity index (χ1) is 9.86. The molecule has 1 heterocycles. The van der Waals surface area contributed by atoms with Crippen LogP contribution in [-0.4, -0.2) is 13.1 Å². The minimum absolute atomic E-state index is 0.230. The minimum Gasteiger partial charge on any atom is -0.371 e. The lowest BCUT2D eigenvalue weighted by atomic mass is 9.81. The summed E-state index contributed by atoms with van der Waals surface area (Å²) in [4.78, 5) is 2.56. The summed E-state index contributed by atoms with van der Waals surface area (Å²) < 4.78 is 0. The number of nitrogens with two attached hydrogens (primary N) is 1. The molecule has 2 N–H and O–H groups in total. The van der Waals surface area contributed by atoms with E-state index in [0.29, 0.717) is 5.92 Å². The average molecular weight is 272 g/mol. The van der Waals surface area contributed by atoms with Gasteiger partial charge in [-0.1, -0.05) is 37.5 Å². The van der Waals surface area contributed by atoms with Gasteiger partial charge in [0.15, 0.2) is 0 Å². The smallest absolute Gasteiger partial charge is 0.0414 e. The number of benzene rings is 1. The quantitative estimate of drug-likeness (QED) is 0.891. The fraction of sp³-hybridized carbons (Fsp3) is 0.667. The van der Waals surface area contributed by atoms with Crippen molar-refractivity contribution in [3.8, 4) is 0 Å². The van der Waals surface area contributed by atoms with E-state index in [9.17, 15) is 0 Å². The Morgan fingerprint density at radius 1 is 0.900 bits per heavy atom. The Morgan fingerprint density at radius 2 is 1.55 bits per heavy atom. The zero-order valence-corrected chi connectivity index (χ0v) is 12.6. The normalized spacial score (nSPS) is 22.8. The second-order valence-electron chi connectivity index (χ2n) is 6.53. The molecule has 110 valence electrons. The van der Waals surface area contributed by atoms with Crippen molar-refractivity contribution in [2.75, 3.05) is 18.0 Å². The maximum atomic E-state index is 6.65. The van der Waals surface area contributed by atoms with Crippen LogP contribution in [0.15, 0.2) is 24.3 Å². The van der Waals surface area contributed by atoms with E-state index < -0.39 is 0 Å². The van der Waals surface area contributed by atoms with E-state index in [1.807, 2.05) is 0 Å². The fourth-order valence-electron chi connectivity index (χ4n) is 3.94. The molecular weight excluding hydrogens is 244 g/mol. The van der Waals surface area contributed by atoms with Gasteiger partial charge in [0.1, 0.15) is 0 Å². The molecule has 1 saturated carbocycles. The second kappa shape index (κ2) is 6.62. The van der Waals surface area contributed by atoms with Gasteiger partial charge in [-0.3, -0.25) is 0 Å². The maximum Gasteiger partial charge on any atom is 0.0414 e. The minimum atomic E-state index is 0.230. The molecule has 2 fully saturated rings. The van der Waals surface area contributed by atoms with Gasteiger partial charge in [-0.25, -0.2) is 0 Å². The molecule has 1 saturated heterocycles. The van der Waals surface area contributed by atoms with Crippen molar-refractivity contribution in [1.82, 2.24) is 0 Å². The highest BCUT2D eigenvalue weighted by atomic mass is 15.1. The Kier molecular flexibility index (Phi) is 4.62. The van der Waals surface area contributed by atoms with Crippen LogP contribution in [0.3, 0.4) is 0 Å². The lowest BCUT2D eigenvalue weighted by Gasteiger charge is -2.34. The largest absolute Gasteiger partial charge is 0.371 e. The predicted octanol–water partition coefficient (Wildman–Crippen LogP) is 4.26. The number of piperidine rings is 1. The topological polar surface area (TPSA) is 29.3 Å². The summed E-state index contributed by atoms with van der Waals surface area (Å²) in [5.41, 5.74) is 9.45. The number of hydrogen-bond donors (Lipinski definition) is 1. The van der Waals surface area contributed by atoms with E-state index in [0.717, 1.165) is 0 Å². The number of rotatable bonds is 3. The highest BCUT2D eigenvalue weighted by Crippen LogP contribution is 2.37. The van der Waals surface area contributed by atoms with Gasteiger partial charge < -0.3 is 10.6 Å². The summed E-state index contributed by atoms with van der Waals surface area (Å²) in [5.74, 6) is 0.690. The van der Waals surface area contributed by atoms with Crippen molar-refractivity contribution in [1.29, 1.82) is 0 Å². The van der Waals surface area contributed by atoms with Crippen LogP contribution in [0.2, 0.25) is 0 Å². The van der Waals surface area contributed by atoms with Gasteiger partial charge >= 0.3 is 0 Å². The third-order valence-corrected chi connectivity index (χ3v) is 5.15. The van der Waals surface area contributed by atoms with Gasteiger partial charge in [-0.15, -0.1) is 0 Å². The summed E-state index contributed by atoms with van der Waals surface area (Å²) in [7, 11) is 0. The van der Waals surface area contributed by atoms with Gasteiger partial charge in [0.2, 0.25) is 0 Å². The molecule has 0 amide bonds. The van der Waals surface area contributed by atoms with Crippen LogP contribution in [-0.2, 0) is 0 Å². The maximum absolute atomic E-state index is 6.65. The summed E-state index contributed by atoms with van der Waals surface area (Å²) >= 11 is 0. The van der Waals surface area contributed by atoms with Crippen LogP contribution in [0.1, 0.15) is 63.0 Å². The van der Waals surface area contributed by atoms with Crippen LogP contribution < -0.4 is 10.6 Å². The molecule has 1 aliphatic heterocycles. The lowest BCUT2D eigenvalue weighted by Crippen LogP contribution is -2.32. The standard InChI is InChI=1S/C18H28N2/c19-18(15-9-3-1-4-10-15)16-11-5-6-12-17(16)20-13-7-2-8-14-20/h5-6,11-12,15,18H,1-4,7-10,13-14,19H2. The molecule has 20 heavy (non-hydrogen) atoms. The van der Waals surface area contributed by atoms with Crippen molar-refractivity contribution < 1.29 is 0 Å². The third kappa shape index (κ3) is 3.01. The van der Waals surface area contributed by atoms with E-state index >= 15 is 0 Å². The van der Waals surface area contributed by atoms with E-state index in [-0.39, 0.29) is 6.04 Å². The SMILES string of the molecule is NC(c1ccccc1N1CCCCC1)C1CCCCC1. The van der Waals surface area contributed by atoms with Crippen LogP contribution in [0.25, 0.3) is 0 Å². The fourth-order valence-corrected chi connectivity index (χ4v) is 3.94. The monoisotopic (exact) mass is 272 g/mol. The number of nitrogens with zero attached hydrogens (tertiary/aromatic N) is 1. The molecular formula is C18H28N2. The van der Waals surface area contributed by atoms with Crippen molar-refractivity contribution in [3.05, 3.63) is 29.8 Å². The molecule has 2 aliphatic rings. The first kappa shape index (κ1) is 13.9. The first-order valence-electron chi connectivity index (χ1n) is 8.46. The Morgan fingerprint density at radius 3 is 2.30 bits per heavy atom. The van der Waals surface area contributed by atoms with Gasteiger partial charge in [-0.2, -0.15) is 0 Å². The Balaban J connectivity index is 1.80. The van der Waals surface area contributed by atoms with Crippen LogP contribution in [0.4, 0.5) is 5.69 Å². The molecule has 1 unspecified atom stereocenters. The molecule has 3 rings (SSSR count). The van der Waals surface area contributed by atoms with E-state index in [1.165, 1.54) is 75.7 Å². The molecule has 1 aromatic rings. The highest BCUT2D eigenvalue weighted by molar-refractivity contribution is 5.55. The average Bonchev–Trinajstić information content (AvgIpc) is 2.56. The Bertz CT molecular complexity index is 417. The van der Waals surface area contributed by atoms with E-state index in [2.05, 4.69) is 29.2 Å². The lowest BCUT2D eigenvalue weighted by molar-refractivity contribution is 0.308. The molecule has 0 aromatic heterocycles. The highest BCUT2D eigenvalue weighted by Gasteiger charge is 2.25. The molecule has 0 spiro atoms. The second-order valence-corrected chi connectivity index (χ2v) is 6.53. The molecule has 2 nitrogen and oxygen atoms in total. The molecule has 0 bridgehead atoms. The van der Waals surface area contributed by atoms with E-state index in [1.54, 1.807) is 0 Å². The zero-order chi connectivity index (χ0) is 13.8. The zero-order valence-electron chi connectivity index (χ0n) is 12.6. The Hall–Kier alpha value is -1.02. The van der Waals surface area contributed by atoms with Gasteiger partial charge in [0, 0.05) is 24.8 Å². The number of anilines is 1. The molecule has 1 aromatic carbocycles. The summed E-state index contributed by atoms with van der Waals surface area (Å²) in [6.07, 6.45) is 10.8. The Labute approximate surface area is 123 Å². The predicted molar refractivity (Wildman–Crippen MR) is 86.0 cm³/mol. The van der Waals surface area contributed by atoms with Crippen LogP contribution in [0.5, 0.6) is 0 Å². The first-order valence-corrected chi connectivity index (χ1v) is 8.46. The van der Waals surface area contributed by atoms with Gasteiger partial charge in [0.05, 0.1) is 0 Å². The molecule has 2 heteroatoms. The molecule has 0 radical (unpaired) electrons. The number of para-hydroxylation sites is 1. The summed E-state index contributed by atoms with van der Waals surface area (Å²) in [6.45, 7) is 2.41. The third-order valence-electron chi connectivity index (χ3n) is 5.15.